The third-order valence-corrected chi connectivity index (χ3v) is 4.91. The van der Waals surface area contributed by atoms with Crippen LogP contribution in [0.2, 0.25) is 0 Å². The number of hydrogen-bond acceptors (Lipinski definition) is 5. The molecule has 2 aliphatic heterocycles. The summed E-state index contributed by atoms with van der Waals surface area (Å²) in [6, 6.07) is 18.3. The molecular weight excluding hydrogens is 328 g/mol. The second-order valence-corrected chi connectivity index (χ2v) is 6.73. The lowest BCUT2D eigenvalue weighted by molar-refractivity contribution is 0.0211. The zero-order valence-electron chi connectivity index (χ0n) is 14.3. The van der Waals surface area contributed by atoms with E-state index in [1.54, 1.807) is 4.68 Å². The van der Waals surface area contributed by atoms with E-state index in [-0.39, 0.29) is 12.2 Å². The summed E-state index contributed by atoms with van der Waals surface area (Å²) in [6.45, 7) is 2.40. The number of nitrogens with zero attached hydrogens (tertiary/aromatic N) is 3. The molecule has 132 valence electrons. The lowest BCUT2D eigenvalue weighted by Gasteiger charge is -2.20. The van der Waals surface area contributed by atoms with Gasteiger partial charge in [-0.2, -0.15) is 0 Å². The summed E-state index contributed by atoms with van der Waals surface area (Å²) in [7, 11) is 0. The average Bonchev–Trinajstić information content (AvgIpc) is 3.34. The van der Waals surface area contributed by atoms with E-state index >= 15 is 0 Å². The summed E-state index contributed by atoms with van der Waals surface area (Å²) in [4.78, 5) is 0. The maximum atomic E-state index is 6.01. The Morgan fingerprint density at radius 2 is 1.92 bits per heavy atom. The highest BCUT2D eigenvalue weighted by atomic mass is 16.6. The fourth-order valence-electron chi connectivity index (χ4n) is 3.36. The standard InChI is InChI=1S/C20H20N4O2/c1-2-4-15(5-3-1)17-12-24(23-22-17)16-8-6-14(7-9-16)13-25-18-10-21-11-19-20(18)26-19/h1-9,12,18-21H,10-11,13H2/t18-,19-,20-/m0/s1. The maximum Gasteiger partial charge on any atom is 0.113 e. The molecule has 26 heavy (non-hydrogen) atoms. The van der Waals surface area contributed by atoms with Crippen molar-refractivity contribution in [3.63, 3.8) is 0 Å². The van der Waals surface area contributed by atoms with E-state index in [2.05, 4.69) is 27.8 Å². The van der Waals surface area contributed by atoms with Gasteiger partial charge in [0.25, 0.3) is 0 Å². The van der Waals surface area contributed by atoms with Crippen molar-refractivity contribution in [1.29, 1.82) is 0 Å². The van der Waals surface area contributed by atoms with E-state index in [4.69, 9.17) is 9.47 Å². The first kappa shape index (κ1) is 15.7. The van der Waals surface area contributed by atoms with Crippen molar-refractivity contribution in [2.24, 2.45) is 0 Å². The Hall–Kier alpha value is -2.54. The van der Waals surface area contributed by atoms with Crippen molar-refractivity contribution in [3.05, 3.63) is 66.4 Å². The van der Waals surface area contributed by atoms with Crippen LogP contribution in [-0.2, 0) is 16.1 Å². The third kappa shape index (κ3) is 3.14. The summed E-state index contributed by atoms with van der Waals surface area (Å²) in [6.07, 6.45) is 2.72. The summed E-state index contributed by atoms with van der Waals surface area (Å²) in [5.74, 6) is 0. The molecule has 3 heterocycles. The van der Waals surface area contributed by atoms with Crippen molar-refractivity contribution in [2.75, 3.05) is 13.1 Å². The lowest BCUT2D eigenvalue weighted by atomic mass is 10.1. The Balaban J connectivity index is 1.24. The van der Waals surface area contributed by atoms with E-state index in [1.165, 1.54) is 0 Å². The second-order valence-electron chi connectivity index (χ2n) is 6.73. The Morgan fingerprint density at radius 1 is 1.08 bits per heavy atom. The SMILES string of the molecule is c1ccc(-c2cn(-c3ccc(CO[C@H]4CNC[C@@H]5O[C@@H]45)cc3)nn2)cc1. The van der Waals surface area contributed by atoms with Crippen LogP contribution in [0.1, 0.15) is 5.56 Å². The van der Waals surface area contributed by atoms with Crippen LogP contribution < -0.4 is 5.32 Å². The number of hydrogen-bond donors (Lipinski definition) is 1. The monoisotopic (exact) mass is 348 g/mol. The number of fused-ring (bicyclic) bond motifs is 1. The Bertz CT molecular complexity index is 878. The molecule has 2 aromatic carbocycles. The third-order valence-electron chi connectivity index (χ3n) is 4.91. The van der Waals surface area contributed by atoms with Gasteiger partial charge < -0.3 is 14.8 Å². The molecule has 3 aromatic rings. The minimum absolute atomic E-state index is 0.150. The van der Waals surface area contributed by atoms with Gasteiger partial charge in [-0.1, -0.05) is 47.7 Å². The number of ether oxygens (including phenoxy) is 2. The molecular formula is C20H20N4O2. The number of piperidine rings is 1. The molecule has 3 atom stereocenters. The summed E-state index contributed by atoms with van der Waals surface area (Å²) in [5.41, 5.74) is 4.04. The Kier molecular flexibility index (Phi) is 4.01. The number of nitrogens with one attached hydrogen (secondary N) is 1. The lowest BCUT2D eigenvalue weighted by Crippen LogP contribution is -2.41. The van der Waals surface area contributed by atoms with Crippen LogP contribution >= 0.6 is 0 Å². The fourth-order valence-corrected chi connectivity index (χ4v) is 3.36. The van der Waals surface area contributed by atoms with Gasteiger partial charge in [-0.25, -0.2) is 4.68 Å². The number of benzene rings is 2. The molecule has 0 bridgehead atoms. The molecule has 1 N–H and O–H groups in total. The van der Waals surface area contributed by atoms with Gasteiger partial charge in [0.05, 0.1) is 30.7 Å². The Labute approximate surface area is 151 Å². The van der Waals surface area contributed by atoms with Gasteiger partial charge in [-0.15, -0.1) is 5.10 Å². The second kappa shape index (κ2) is 6.64. The van der Waals surface area contributed by atoms with Crippen LogP contribution in [0.5, 0.6) is 0 Å². The van der Waals surface area contributed by atoms with Gasteiger partial charge >= 0.3 is 0 Å². The zero-order valence-corrected chi connectivity index (χ0v) is 14.3. The molecule has 1 aromatic heterocycles. The van der Waals surface area contributed by atoms with Crippen LogP contribution in [0.4, 0.5) is 0 Å². The quantitative estimate of drug-likeness (QED) is 0.716. The van der Waals surface area contributed by atoms with Crippen LogP contribution in [0.3, 0.4) is 0 Å². The summed E-state index contributed by atoms with van der Waals surface area (Å²) in [5, 5.41) is 11.8. The van der Waals surface area contributed by atoms with Crippen molar-refractivity contribution in [3.8, 4) is 16.9 Å². The molecule has 6 nitrogen and oxygen atoms in total. The molecule has 0 saturated carbocycles. The van der Waals surface area contributed by atoms with Crippen molar-refractivity contribution >= 4 is 0 Å². The van der Waals surface area contributed by atoms with E-state index in [0.717, 1.165) is 35.6 Å². The molecule has 0 amide bonds. The summed E-state index contributed by atoms with van der Waals surface area (Å²) >= 11 is 0. The van der Waals surface area contributed by atoms with E-state index in [9.17, 15) is 0 Å². The van der Waals surface area contributed by atoms with Crippen LogP contribution in [0, 0.1) is 0 Å². The minimum atomic E-state index is 0.150. The predicted molar refractivity (Wildman–Crippen MR) is 96.9 cm³/mol. The molecule has 2 saturated heterocycles. The highest BCUT2D eigenvalue weighted by Gasteiger charge is 2.48. The Morgan fingerprint density at radius 3 is 2.77 bits per heavy atom. The highest BCUT2D eigenvalue weighted by Crippen LogP contribution is 2.29. The van der Waals surface area contributed by atoms with Gasteiger partial charge in [-0.05, 0) is 17.7 Å². The molecule has 0 spiro atoms. The smallest absolute Gasteiger partial charge is 0.113 e. The van der Waals surface area contributed by atoms with Gasteiger partial charge in [0, 0.05) is 18.7 Å². The normalized spacial score (nSPS) is 24.2. The van der Waals surface area contributed by atoms with Gasteiger partial charge in [0.15, 0.2) is 0 Å². The van der Waals surface area contributed by atoms with E-state index in [1.807, 2.05) is 48.7 Å². The minimum Gasteiger partial charge on any atom is -0.369 e. The van der Waals surface area contributed by atoms with Gasteiger partial charge in [0.2, 0.25) is 0 Å². The molecule has 2 aliphatic rings. The van der Waals surface area contributed by atoms with Crippen LogP contribution in [0.25, 0.3) is 16.9 Å². The molecule has 5 rings (SSSR count). The maximum absolute atomic E-state index is 6.01. The first-order valence-electron chi connectivity index (χ1n) is 8.92. The average molecular weight is 348 g/mol. The van der Waals surface area contributed by atoms with Crippen molar-refractivity contribution in [2.45, 2.75) is 24.9 Å². The van der Waals surface area contributed by atoms with E-state index < -0.39 is 0 Å². The molecule has 2 fully saturated rings. The fraction of sp³-hybridized carbons (Fsp3) is 0.300. The predicted octanol–water partition coefficient (Wildman–Crippen LogP) is 2.19. The topological polar surface area (TPSA) is 64.5 Å². The molecule has 0 unspecified atom stereocenters. The first-order valence-corrected chi connectivity index (χ1v) is 8.92. The largest absolute Gasteiger partial charge is 0.369 e. The van der Waals surface area contributed by atoms with Crippen LogP contribution in [-0.4, -0.2) is 46.4 Å². The number of rotatable bonds is 5. The summed E-state index contributed by atoms with van der Waals surface area (Å²) < 4.78 is 13.4. The highest BCUT2D eigenvalue weighted by molar-refractivity contribution is 5.57. The van der Waals surface area contributed by atoms with Gasteiger partial charge in [-0.3, -0.25) is 0 Å². The van der Waals surface area contributed by atoms with Crippen molar-refractivity contribution in [1.82, 2.24) is 20.3 Å². The molecule has 0 radical (unpaired) electrons. The van der Waals surface area contributed by atoms with Crippen LogP contribution in [0.15, 0.2) is 60.8 Å². The first-order chi connectivity index (χ1) is 12.9. The van der Waals surface area contributed by atoms with E-state index in [0.29, 0.717) is 12.7 Å². The molecule has 0 aliphatic carbocycles. The van der Waals surface area contributed by atoms with Gasteiger partial charge in [0.1, 0.15) is 11.8 Å². The zero-order chi connectivity index (χ0) is 17.3. The number of epoxide rings is 1. The van der Waals surface area contributed by atoms with Crippen molar-refractivity contribution < 1.29 is 9.47 Å². The molecule has 6 heteroatoms. The number of aromatic nitrogens is 3.